The number of carbonyl (C=O) groups excluding carboxylic acids is 3. The van der Waals surface area contributed by atoms with Crippen LogP contribution >= 0.6 is 0 Å². The molecule has 0 aliphatic carbocycles. The van der Waals surface area contributed by atoms with E-state index in [1.807, 2.05) is 12.1 Å². The zero-order valence-corrected chi connectivity index (χ0v) is 16.8. The minimum atomic E-state index is -1.99. The van der Waals surface area contributed by atoms with Crippen molar-refractivity contribution in [2.75, 3.05) is 14.2 Å². The third-order valence-electron chi connectivity index (χ3n) is 4.22. The number of ether oxygens (including phenoxy) is 1. The lowest BCUT2D eigenvalue weighted by Gasteiger charge is -2.26. The molecule has 1 atom stereocenters. The first-order valence-electron chi connectivity index (χ1n) is 8.89. The maximum absolute atomic E-state index is 12.5. The number of hydrogen-bond donors (Lipinski definition) is 4. The molecule has 0 unspecified atom stereocenters. The van der Waals surface area contributed by atoms with Crippen LogP contribution in [0, 0.1) is 11.8 Å². The van der Waals surface area contributed by atoms with Gasteiger partial charge < -0.3 is 15.4 Å². The Kier molecular flexibility index (Phi) is 7.63. The fourth-order valence-corrected chi connectivity index (χ4v) is 2.46. The van der Waals surface area contributed by atoms with Gasteiger partial charge in [0.25, 0.3) is 17.7 Å². The topological polar surface area (TPSA) is 130 Å². The highest BCUT2D eigenvalue weighted by Crippen LogP contribution is 2.09. The SMILES string of the molecule is CNC(=O)[C@](C)(NC(=O)c1ccc(C#Cc2ccc(COC)nc2)cc1)C(=O)NO. The van der Waals surface area contributed by atoms with Gasteiger partial charge in [0, 0.05) is 37.0 Å². The summed E-state index contributed by atoms with van der Waals surface area (Å²) in [6, 6.07) is 9.96. The molecule has 0 aliphatic rings. The molecule has 9 heteroatoms. The predicted molar refractivity (Wildman–Crippen MR) is 107 cm³/mol. The Morgan fingerprint density at radius 2 is 1.70 bits per heavy atom. The first kappa shape index (κ1) is 22.5. The Morgan fingerprint density at radius 3 is 2.23 bits per heavy atom. The summed E-state index contributed by atoms with van der Waals surface area (Å²) in [5.74, 6) is 3.43. The molecule has 2 rings (SSSR count). The summed E-state index contributed by atoms with van der Waals surface area (Å²) in [5.41, 5.74) is 1.81. The number of nitrogens with one attached hydrogen (secondary N) is 3. The fraction of sp³-hybridized carbons (Fsp3) is 0.238. The number of pyridine rings is 1. The van der Waals surface area contributed by atoms with Gasteiger partial charge >= 0.3 is 0 Å². The molecule has 0 radical (unpaired) electrons. The summed E-state index contributed by atoms with van der Waals surface area (Å²) in [4.78, 5) is 40.6. The number of hydrogen-bond acceptors (Lipinski definition) is 6. The molecule has 9 nitrogen and oxygen atoms in total. The van der Waals surface area contributed by atoms with Gasteiger partial charge in [0.15, 0.2) is 5.54 Å². The Bertz CT molecular complexity index is 959. The summed E-state index contributed by atoms with van der Waals surface area (Å²) in [6.07, 6.45) is 1.65. The van der Waals surface area contributed by atoms with Gasteiger partial charge in [-0.05, 0) is 43.3 Å². The first-order valence-corrected chi connectivity index (χ1v) is 8.89. The van der Waals surface area contributed by atoms with E-state index in [4.69, 9.17) is 9.94 Å². The molecule has 0 bridgehead atoms. The van der Waals surface area contributed by atoms with Crippen molar-refractivity contribution < 1.29 is 24.3 Å². The highest BCUT2D eigenvalue weighted by atomic mass is 16.5. The number of rotatable bonds is 6. The second-order valence-corrected chi connectivity index (χ2v) is 6.40. The number of aromatic nitrogens is 1. The lowest BCUT2D eigenvalue weighted by Crippen LogP contribution is -2.64. The fourth-order valence-electron chi connectivity index (χ4n) is 2.46. The first-order chi connectivity index (χ1) is 14.3. The smallest absolute Gasteiger partial charge is 0.278 e. The van der Waals surface area contributed by atoms with Crippen LogP contribution in [0.25, 0.3) is 0 Å². The maximum atomic E-state index is 12.5. The van der Waals surface area contributed by atoms with E-state index in [1.165, 1.54) is 31.6 Å². The molecule has 1 aromatic carbocycles. The Hall–Kier alpha value is -3.74. The average molecular weight is 410 g/mol. The number of amides is 3. The molecule has 0 aliphatic heterocycles. The normalized spacial score (nSPS) is 12.0. The van der Waals surface area contributed by atoms with Crippen molar-refractivity contribution in [3.8, 4) is 11.8 Å². The van der Waals surface area contributed by atoms with E-state index in [1.54, 1.807) is 25.4 Å². The molecule has 3 amide bonds. The largest absolute Gasteiger partial charge is 0.378 e. The van der Waals surface area contributed by atoms with Crippen LogP contribution < -0.4 is 16.1 Å². The minimum absolute atomic E-state index is 0.215. The van der Waals surface area contributed by atoms with E-state index < -0.39 is 23.3 Å². The van der Waals surface area contributed by atoms with E-state index in [2.05, 4.69) is 27.5 Å². The zero-order chi connectivity index (χ0) is 22.1. The number of methoxy groups -OCH3 is 1. The van der Waals surface area contributed by atoms with E-state index >= 15 is 0 Å². The van der Waals surface area contributed by atoms with Gasteiger partial charge in [-0.3, -0.25) is 24.6 Å². The Morgan fingerprint density at radius 1 is 1.07 bits per heavy atom. The zero-order valence-electron chi connectivity index (χ0n) is 16.8. The molecule has 0 saturated heterocycles. The van der Waals surface area contributed by atoms with Gasteiger partial charge in [-0.1, -0.05) is 11.8 Å². The summed E-state index contributed by atoms with van der Waals surface area (Å²) in [5, 5.41) is 13.5. The molecule has 4 N–H and O–H groups in total. The lowest BCUT2D eigenvalue weighted by molar-refractivity contribution is -0.143. The monoisotopic (exact) mass is 410 g/mol. The second kappa shape index (κ2) is 10.2. The van der Waals surface area contributed by atoms with Crippen molar-refractivity contribution in [3.05, 3.63) is 65.0 Å². The van der Waals surface area contributed by atoms with Crippen LogP contribution in [0.3, 0.4) is 0 Å². The Labute approximate surface area is 173 Å². The van der Waals surface area contributed by atoms with E-state index in [9.17, 15) is 14.4 Å². The number of likely N-dealkylation sites (N-methyl/N-ethyl adjacent to an activating group) is 1. The maximum Gasteiger partial charge on any atom is 0.278 e. The second-order valence-electron chi connectivity index (χ2n) is 6.40. The molecule has 2 aromatic rings. The van der Waals surface area contributed by atoms with Crippen molar-refractivity contribution in [2.24, 2.45) is 0 Å². The van der Waals surface area contributed by atoms with Gasteiger partial charge in [0.2, 0.25) is 0 Å². The van der Waals surface area contributed by atoms with Crippen molar-refractivity contribution in [3.63, 3.8) is 0 Å². The molecular weight excluding hydrogens is 388 g/mol. The standard InChI is InChI=1S/C21H22N4O5/c1-21(19(27)22-2,20(28)25-29)24-18(26)16-9-6-14(7-10-16)4-5-15-8-11-17(13-30-3)23-12-15/h6-12,29H,13H2,1-3H3,(H,22,27)(H,24,26)(H,25,28)/t21-/m0/s1. The molecule has 0 saturated carbocycles. The minimum Gasteiger partial charge on any atom is -0.378 e. The van der Waals surface area contributed by atoms with Crippen molar-refractivity contribution in [1.29, 1.82) is 0 Å². The highest BCUT2D eigenvalue weighted by molar-refractivity contribution is 6.12. The molecule has 0 spiro atoms. The van der Waals surface area contributed by atoms with Gasteiger partial charge in [-0.15, -0.1) is 0 Å². The van der Waals surface area contributed by atoms with Crippen molar-refractivity contribution in [1.82, 2.24) is 21.1 Å². The van der Waals surface area contributed by atoms with E-state index in [0.717, 1.165) is 11.3 Å². The Balaban J connectivity index is 2.12. The van der Waals surface area contributed by atoms with Crippen LogP contribution in [0.4, 0.5) is 0 Å². The average Bonchev–Trinajstić information content (AvgIpc) is 2.77. The van der Waals surface area contributed by atoms with Gasteiger partial charge in [-0.25, -0.2) is 5.48 Å². The number of nitrogens with zero attached hydrogens (tertiary/aromatic N) is 1. The molecule has 30 heavy (non-hydrogen) atoms. The van der Waals surface area contributed by atoms with Crippen LogP contribution in [0.15, 0.2) is 42.6 Å². The third-order valence-corrected chi connectivity index (χ3v) is 4.22. The van der Waals surface area contributed by atoms with Gasteiger partial charge in [-0.2, -0.15) is 0 Å². The van der Waals surface area contributed by atoms with Crippen LogP contribution in [0.5, 0.6) is 0 Å². The van der Waals surface area contributed by atoms with Crippen LogP contribution in [-0.4, -0.2) is 47.6 Å². The summed E-state index contributed by atoms with van der Waals surface area (Å²) in [7, 11) is 2.91. The molecule has 156 valence electrons. The van der Waals surface area contributed by atoms with E-state index in [-0.39, 0.29) is 5.56 Å². The number of carbonyl (C=O) groups is 3. The summed E-state index contributed by atoms with van der Waals surface area (Å²) >= 11 is 0. The van der Waals surface area contributed by atoms with Crippen LogP contribution in [-0.2, 0) is 20.9 Å². The van der Waals surface area contributed by atoms with E-state index in [0.29, 0.717) is 12.2 Å². The highest BCUT2D eigenvalue weighted by Gasteiger charge is 2.42. The van der Waals surface area contributed by atoms with Crippen LogP contribution in [0.1, 0.15) is 34.1 Å². The van der Waals surface area contributed by atoms with Crippen molar-refractivity contribution in [2.45, 2.75) is 19.1 Å². The third kappa shape index (κ3) is 5.41. The predicted octanol–water partition coefficient (Wildman–Crippen LogP) is 0.368. The van der Waals surface area contributed by atoms with Gasteiger partial charge in [0.05, 0.1) is 12.3 Å². The number of benzene rings is 1. The number of hydroxylamine groups is 1. The molecular formula is C21H22N4O5. The summed E-state index contributed by atoms with van der Waals surface area (Å²) in [6.45, 7) is 1.61. The molecule has 1 heterocycles. The molecule has 1 aromatic heterocycles. The van der Waals surface area contributed by atoms with Crippen molar-refractivity contribution >= 4 is 17.7 Å². The quantitative estimate of drug-likeness (QED) is 0.236. The molecule has 0 fully saturated rings. The van der Waals surface area contributed by atoms with Crippen LogP contribution in [0.2, 0.25) is 0 Å². The lowest BCUT2D eigenvalue weighted by atomic mass is 9.99. The van der Waals surface area contributed by atoms with Gasteiger partial charge in [0.1, 0.15) is 0 Å². The summed E-state index contributed by atoms with van der Waals surface area (Å²) < 4.78 is 5.01.